The molecule has 262 valence electrons. The molecule has 2 aliphatic carbocycles. The zero-order valence-electron chi connectivity index (χ0n) is 28.2. The number of benzene rings is 2. The number of sulfone groups is 1. The summed E-state index contributed by atoms with van der Waals surface area (Å²) in [5.74, 6) is 0.538. The van der Waals surface area contributed by atoms with Crippen LogP contribution < -0.4 is 15.5 Å². The Bertz CT molecular complexity index is 1790. The lowest BCUT2D eigenvalue weighted by atomic mass is 9.64. The zero-order valence-corrected chi connectivity index (χ0v) is 29.0. The third-order valence-electron chi connectivity index (χ3n) is 12.0. The molecule has 4 heterocycles. The average molecular weight is 691 g/mol. The van der Waals surface area contributed by atoms with E-state index in [0.29, 0.717) is 23.9 Å². The number of hydrogen-bond acceptors (Lipinski definition) is 8. The predicted molar refractivity (Wildman–Crippen MR) is 184 cm³/mol. The van der Waals surface area contributed by atoms with E-state index in [1.807, 2.05) is 30.7 Å². The molecule has 1 amide bonds. The number of fused-ring (bicyclic) bond motifs is 1. The van der Waals surface area contributed by atoms with Gasteiger partial charge in [0, 0.05) is 68.7 Å². The van der Waals surface area contributed by atoms with E-state index < -0.39 is 21.5 Å². The van der Waals surface area contributed by atoms with Crippen LogP contribution in [0.3, 0.4) is 0 Å². The summed E-state index contributed by atoms with van der Waals surface area (Å²) in [7, 11) is -1.83. The Kier molecular flexibility index (Phi) is 8.68. The lowest BCUT2D eigenvalue weighted by Crippen LogP contribution is -2.57. The molecular formula is C37H47FN6O4S. The smallest absolute Gasteiger partial charge is 0.407 e. The van der Waals surface area contributed by atoms with Crippen LogP contribution in [0.1, 0.15) is 61.6 Å². The van der Waals surface area contributed by atoms with Gasteiger partial charge < -0.3 is 29.7 Å². The molecule has 2 N–H and O–H groups in total. The van der Waals surface area contributed by atoms with Crippen molar-refractivity contribution in [1.29, 1.82) is 0 Å². The van der Waals surface area contributed by atoms with Crippen molar-refractivity contribution in [3.05, 3.63) is 77.6 Å². The third-order valence-corrected chi connectivity index (χ3v) is 14.4. The van der Waals surface area contributed by atoms with E-state index in [2.05, 4.69) is 30.0 Å². The molecule has 12 heteroatoms. The first-order valence-corrected chi connectivity index (χ1v) is 19.5. The highest BCUT2D eigenvalue weighted by Crippen LogP contribution is 2.51. The number of imidazole rings is 1. The number of alkyl carbamates (subject to hydrolysis) is 1. The quantitative estimate of drug-likeness (QED) is 0.316. The third kappa shape index (κ3) is 5.83. The van der Waals surface area contributed by atoms with Gasteiger partial charge in [-0.25, -0.2) is 22.6 Å². The summed E-state index contributed by atoms with van der Waals surface area (Å²) in [5.41, 5.74) is 3.66. The van der Waals surface area contributed by atoms with Gasteiger partial charge in [0.25, 0.3) is 0 Å². The first kappa shape index (κ1) is 32.7. The number of piperidine rings is 1. The first-order chi connectivity index (χ1) is 23.8. The Morgan fingerprint density at radius 2 is 1.86 bits per heavy atom. The maximum absolute atomic E-state index is 15.0. The van der Waals surface area contributed by atoms with Gasteiger partial charge in [0.15, 0.2) is 9.84 Å². The molecule has 0 bridgehead atoms. The number of carbonyl (C=O) groups excluding carboxylic acids is 1. The molecule has 49 heavy (non-hydrogen) atoms. The number of ether oxygens (including phenoxy) is 1. The van der Waals surface area contributed by atoms with Crippen LogP contribution in [-0.2, 0) is 33.2 Å². The number of halogens is 1. The van der Waals surface area contributed by atoms with Crippen molar-refractivity contribution in [2.24, 2.45) is 17.8 Å². The van der Waals surface area contributed by atoms with E-state index in [9.17, 15) is 17.6 Å². The number of anilines is 1. The van der Waals surface area contributed by atoms with Crippen molar-refractivity contribution in [2.45, 2.75) is 79.8 Å². The Labute approximate surface area is 288 Å². The molecule has 1 unspecified atom stereocenters. The first-order valence-electron chi connectivity index (χ1n) is 17.9. The number of nitrogens with one attached hydrogen (secondary N) is 2. The number of methoxy groups -OCH3 is 1. The van der Waals surface area contributed by atoms with Gasteiger partial charge in [-0.15, -0.1) is 0 Å². The standard InChI is InChI=1S/C37H47FN6O4S/c1-48-36(45)41-33-7-3-6-32(33)37(44-17-14-39-24-44,27-4-2-5-28(38)18-27)26-12-15-42(16-13-26)21-25-22-43(23-25)34-10-11-35(31-20-40-19-30(31)34)49(46,47)29-8-9-29/h2,4-5,10-11,14,17-18,24-26,29,32-33,40H,3,6-9,12-13,15-16,19-23H2,1H3,(H,41,45)/t32-,33-,37?/m0/s1. The molecule has 10 nitrogen and oxygen atoms in total. The van der Waals surface area contributed by atoms with Crippen LogP contribution in [0.25, 0.3) is 0 Å². The number of nitrogens with zero attached hydrogens (tertiary/aromatic N) is 4. The van der Waals surface area contributed by atoms with Gasteiger partial charge in [0.1, 0.15) is 5.82 Å². The maximum atomic E-state index is 15.0. The molecule has 2 saturated heterocycles. The summed E-state index contributed by atoms with van der Waals surface area (Å²) in [6.07, 6.45) is 11.4. The molecule has 0 spiro atoms. The lowest BCUT2D eigenvalue weighted by molar-refractivity contribution is 0.0469. The fourth-order valence-electron chi connectivity index (χ4n) is 9.68. The second-order valence-corrected chi connectivity index (χ2v) is 17.0. The predicted octanol–water partition coefficient (Wildman–Crippen LogP) is 4.68. The van der Waals surface area contributed by atoms with Crippen LogP contribution in [-0.4, -0.2) is 80.1 Å². The molecule has 2 aromatic carbocycles. The summed E-state index contributed by atoms with van der Waals surface area (Å²) in [6.45, 7) is 6.18. The normalized spacial score (nSPS) is 24.7. The second kappa shape index (κ2) is 13.0. The maximum Gasteiger partial charge on any atom is 0.407 e. The van der Waals surface area contributed by atoms with Crippen LogP contribution in [0.15, 0.2) is 60.0 Å². The molecule has 1 aromatic heterocycles. The molecule has 3 aromatic rings. The molecule has 0 radical (unpaired) electrons. The van der Waals surface area contributed by atoms with Gasteiger partial charge in [-0.2, -0.15) is 0 Å². The van der Waals surface area contributed by atoms with E-state index in [1.165, 1.54) is 18.9 Å². The minimum atomic E-state index is -3.23. The van der Waals surface area contributed by atoms with Gasteiger partial charge >= 0.3 is 6.09 Å². The fraction of sp³-hybridized carbons (Fsp3) is 0.568. The van der Waals surface area contributed by atoms with E-state index in [1.54, 1.807) is 18.3 Å². The Morgan fingerprint density at radius 1 is 1.06 bits per heavy atom. The summed E-state index contributed by atoms with van der Waals surface area (Å²) in [6, 6.07) is 10.8. The van der Waals surface area contributed by atoms with E-state index in [-0.39, 0.29) is 28.9 Å². The highest BCUT2D eigenvalue weighted by atomic mass is 32.2. The van der Waals surface area contributed by atoms with Gasteiger partial charge in [-0.1, -0.05) is 18.6 Å². The number of amides is 1. The van der Waals surface area contributed by atoms with Crippen molar-refractivity contribution >= 4 is 21.6 Å². The van der Waals surface area contributed by atoms with E-state index in [0.717, 1.165) is 94.4 Å². The Hall–Kier alpha value is -3.48. The minimum Gasteiger partial charge on any atom is -0.453 e. The van der Waals surface area contributed by atoms with Gasteiger partial charge in [0.05, 0.1) is 29.1 Å². The van der Waals surface area contributed by atoms with E-state index >= 15 is 0 Å². The van der Waals surface area contributed by atoms with Crippen molar-refractivity contribution in [1.82, 2.24) is 25.1 Å². The molecule has 4 fully saturated rings. The molecule has 3 aliphatic heterocycles. The summed E-state index contributed by atoms with van der Waals surface area (Å²) in [5, 5.41) is 6.34. The molecule has 2 saturated carbocycles. The highest BCUT2D eigenvalue weighted by Gasteiger charge is 2.53. The van der Waals surface area contributed by atoms with Gasteiger partial charge in [-0.3, -0.25) is 0 Å². The minimum absolute atomic E-state index is 0.0428. The van der Waals surface area contributed by atoms with Crippen LogP contribution in [0.4, 0.5) is 14.9 Å². The monoisotopic (exact) mass is 690 g/mol. The van der Waals surface area contributed by atoms with Crippen molar-refractivity contribution < 1.29 is 22.3 Å². The van der Waals surface area contributed by atoms with Gasteiger partial charge in [-0.05, 0) is 98.5 Å². The number of rotatable bonds is 10. The van der Waals surface area contributed by atoms with Crippen LogP contribution in [0.2, 0.25) is 0 Å². The summed E-state index contributed by atoms with van der Waals surface area (Å²) < 4.78 is 48.4. The number of carbonyl (C=O) groups is 1. The lowest BCUT2D eigenvalue weighted by Gasteiger charge is -2.52. The molecular weight excluding hydrogens is 644 g/mol. The van der Waals surface area contributed by atoms with Crippen LogP contribution in [0.5, 0.6) is 0 Å². The number of likely N-dealkylation sites (tertiary alicyclic amines) is 1. The Morgan fingerprint density at radius 3 is 2.57 bits per heavy atom. The van der Waals surface area contributed by atoms with Crippen molar-refractivity contribution in [2.75, 3.05) is 44.7 Å². The van der Waals surface area contributed by atoms with Crippen molar-refractivity contribution in [3.63, 3.8) is 0 Å². The van der Waals surface area contributed by atoms with Crippen LogP contribution in [0, 0.1) is 23.6 Å². The Balaban J connectivity index is 0.981. The number of aromatic nitrogens is 2. The fourth-order valence-corrected chi connectivity index (χ4v) is 11.6. The van der Waals surface area contributed by atoms with Crippen LogP contribution >= 0.6 is 0 Å². The molecule has 3 atom stereocenters. The van der Waals surface area contributed by atoms with Crippen molar-refractivity contribution in [3.8, 4) is 0 Å². The van der Waals surface area contributed by atoms with Gasteiger partial charge in [0.2, 0.25) is 0 Å². The second-order valence-electron chi connectivity index (χ2n) is 14.8. The average Bonchev–Trinajstić information content (AvgIpc) is 3.41. The summed E-state index contributed by atoms with van der Waals surface area (Å²) >= 11 is 0. The largest absolute Gasteiger partial charge is 0.453 e. The topological polar surface area (TPSA) is 109 Å². The number of hydrogen-bond donors (Lipinski definition) is 2. The SMILES string of the molecule is COC(=O)N[C@H]1CCC[C@@H]1C(c1cccc(F)c1)(C1CCN(CC2CN(c3ccc(S(=O)(=O)C4CC4)c4c3CNC4)C2)CC1)n1ccnc1. The molecule has 8 rings (SSSR count). The molecule has 5 aliphatic rings. The zero-order chi connectivity index (χ0) is 33.8. The van der Waals surface area contributed by atoms with E-state index in [4.69, 9.17) is 4.74 Å². The summed E-state index contributed by atoms with van der Waals surface area (Å²) in [4.78, 5) is 22.5. The highest BCUT2D eigenvalue weighted by molar-refractivity contribution is 7.92.